The van der Waals surface area contributed by atoms with Crippen molar-refractivity contribution < 1.29 is 9.53 Å². The molecule has 0 unspecified atom stereocenters. The van der Waals surface area contributed by atoms with Crippen LogP contribution in [0.5, 0.6) is 5.75 Å². The van der Waals surface area contributed by atoms with Gasteiger partial charge in [-0.1, -0.05) is 75.0 Å². The number of carbonyl (C=O) groups excluding carboxylic acids is 1. The molecule has 0 atom stereocenters. The fraction of sp³-hybridized carbons (Fsp3) is 0.250. The molecule has 6 nitrogen and oxygen atoms in total. The highest BCUT2D eigenvalue weighted by atomic mass is 32.2. The maximum Gasteiger partial charge on any atom is 0.234 e. The number of ether oxygens (including phenoxy) is 1. The molecule has 0 spiro atoms. The zero-order valence-electron chi connectivity index (χ0n) is 20.5. The molecule has 3 aromatic carbocycles. The molecule has 1 aromatic heterocycles. The van der Waals surface area contributed by atoms with Gasteiger partial charge in [-0.25, -0.2) is 0 Å². The minimum absolute atomic E-state index is 0.0861. The van der Waals surface area contributed by atoms with Gasteiger partial charge in [0.2, 0.25) is 5.91 Å². The Balaban J connectivity index is 1.51. The van der Waals surface area contributed by atoms with Gasteiger partial charge in [-0.3, -0.25) is 9.36 Å². The summed E-state index contributed by atoms with van der Waals surface area (Å²) in [6, 6.07) is 25.7. The smallest absolute Gasteiger partial charge is 0.234 e. The third-order valence-corrected chi connectivity index (χ3v) is 6.37. The largest absolute Gasteiger partial charge is 0.486 e. The second kappa shape index (κ2) is 10.8. The number of thioether (sulfide) groups is 1. The Kier molecular flexibility index (Phi) is 7.56. The van der Waals surface area contributed by atoms with Crippen LogP contribution in [0.4, 0.5) is 5.69 Å². The van der Waals surface area contributed by atoms with Crippen molar-refractivity contribution >= 4 is 23.4 Å². The van der Waals surface area contributed by atoms with Crippen LogP contribution in [0.3, 0.4) is 0 Å². The van der Waals surface area contributed by atoms with Crippen LogP contribution in [-0.4, -0.2) is 26.4 Å². The van der Waals surface area contributed by atoms with E-state index in [2.05, 4.69) is 54.5 Å². The minimum Gasteiger partial charge on any atom is -0.486 e. The fourth-order valence-electron chi connectivity index (χ4n) is 3.56. The number of aromatic nitrogens is 3. The third kappa shape index (κ3) is 6.51. The van der Waals surface area contributed by atoms with Gasteiger partial charge < -0.3 is 10.1 Å². The van der Waals surface area contributed by atoms with Gasteiger partial charge in [-0.2, -0.15) is 0 Å². The lowest BCUT2D eigenvalue weighted by Gasteiger charge is -2.19. The zero-order chi connectivity index (χ0) is 24.8. The van der Waals surface area contributed by atoms with Crippen molar-refractivity contribution in [2.75, 3.05) is 11.1 Å². The standard InChI is InChI=1S/C28H30N4O2S/c1-20-9-8-12-23(17-20)32-25(18-34-24-15-13-21(14-16-24)28(2,3)4)30-31-27(32)35-19-26(33)29-22-10-6-5-7-11-22/h5-17H,18-19H2,1-4H3,(H,29,33). The van der Waals surface area contributed by atoms with Crippen LogP contribution in [0.2, 0.25) is 0 Å². The number of hydrogen-bond donors (Lipinski definition) is 1. The highest BCUT2D eigenvalue weighted by molar-refractivity contribution is 7.99. The minimum atomic E-state index is -0.100. The maximum atomic E-state index is 12.5. The Morgan fingerprint density at radius 3 is 2.40 bits per heavy atom. The number of rotatable bonds is 8. The number of aryl methyl sites for hydroxylation is 1. The van der Waals surface area contributed by atoms with Crippen molar-refractivity contribution in [2.45, 2.75) is 44.9 Å². The number of anilines is 1. The second-order valence-electron chi connectivity index (χ2n) is 9.34. The number of para-hydroxylation sites is 1. The van der Waals surface area contributed by atoms with Crippen molar-refractivity contribution in [3.63, 3.8) is 0 Å². The van der Waals surface area contributed by atoms with E-state index in [0.29, 0.717) is 11.0 Å². The molecule has 180 valence electrons. The number of benzene rings is 3. The van der Waals surface area contributed by atoms with E-state index in [1.807, 2.05) is 72.2 Å². The Morgan fingerprint density at radius 2 is 1.71 bits per heavy atom. The summed E-state index contributed by atoms with van der Waals surface area (Å²) in [5.41, 5.74) is 4.16. The van der Waals surface area contributed by atoms with Gasteiger partial charge in [0.25, 0.3) is 0 Å². The van der Waals surface area contributed by atoms with Crippen LogP contribution in [0.15, 0.2) is 84.0 Å². The molecule has 35 heavy (non-hydrogen) atoms. The third-order valence-electron chi connectivity index (χ3n) is 5.44. The molecule has 0 aliphatic carbocycles. The van der Waals surface area contributed by atoms with Gasteiger partial charge in [0.1, 0.15) is 12.4 Å². The van der Waals surface area contributed by atoms with E-state index < -0.39 is 0 Å². The summed E-state index contributed by atoms with van der Waals surface area (Å²) >= 11 is 1.34. The highest BCUT2D eigenvalue weighted by Crippen LogP contribution is 2.26. The summed E-state index contributed by atoms with van der Waals surface area (Å²) < 4.78 is 8.01. The number of amides is 1. The van der Waals surface area contributed by atoms with E-state index in [0.717, 1.165) is 22.7 Å². The summed E-state index contributed by atoms with van der Waals surface area (Å²) in [4.78, 5) is 12.5. The average Bonchev–Trinajstić information content (AvgIpc) is 3.24. The van der Waals surface area contributed by atoms with Gasteiger partial charge >= 0.3 is 0 Å². The molecule has 0 aliphatic heterocycles. The van der Waals surface area contributed by atoms with Crippen molar-refractivity contribution in [3.05, 3.63) is 95.8 Å². The van der Waals surface area contributed by atoms with E-state index in [-0.39, 0.29) is 23.7 Å². The van der Waals surface area contributed by atoms with E-state index in [1.165, 1.54) is 17.3 Å². The molecule has 1 heterocycles. The lowest BCUT2D eigenvalue weighted by atomic mass is 9.87. The van der Waals surface area contributed by atoms with Gasteiger partial charge in [-0.05, 0) is 59.9 Å². The van der Waals surface area contributed by atoms with Gasteiger partial charge in [0, 0.05) is 11.4 Å². The Morgan fingerprint density at radius 1 is 0.971 bits per heavy atom. The Hall–Kier alpha value is -3.58. The molecule has 1 N–H and O–H groups in total. The highest BCUT2D eigenvalue weighted by Gasteiger charge is 2.17. The first kappa shape index (κ1) is 24.5. The molecule has 0 bridgehead atoms. The summed E-state index contributed by atoms with van der Waals surface area (Å²) in [6.45, 7) is 8.86. The average molecular weight is 487 g/mol. The van der Waals surface area contributed by atoms with Crippen LogP contribution in [0.1, 0.15) is 37.7 Å². The molecule has 4 rings (SSSR count). The first-order valence-electron chi connectivity index (χ1n) is 11.5. The van der Waals surface area contributed by atoms with E-state index in [9.17, 15) is 4.79 Å². The summed E-state index contributed by atoms with van der Waals surface area (Å²) in [7, 11) is 0. The molecule has 1 amide bonds. The van der Waals surface area contributed by atoms with Crippen LogP contribution >= 0.6 is 11.8 Å². The van der Waals surface area contributed by atoms with Crippen LogP contribution in [-0.2, 0) is 16.8 Å². The van der Waals surface area contributed by atoms with E-state index >= 15 is 0 Å². The lowest BCUT2D eigenvalue weighted by Crippen LogP contribution is -2.14. The van der Waals surface area contributed by atoms with E-state index in [4.69, 9.17) is 4.74 Å². The summed E-state index contributed by atoms with van der Waals surface area (Å²) in [5.74, 6) is 1.56. The number of hydrogen-bond acceptors (Lipinski definition) is 5. The normalized spacial score (nSPS) is 11.3. The molecular formula is C28H30N4O2S. The maximum absolute atomic E-state index is 12.5. The first-order chi connectivity index (χ1) is 16.8. The van der Waals surface area contributed by atoms with Crippen LogP contribution in [0.25, 0.3) is 5.69 Å². The quantitative estimate of drug-likeness (QED) is 0.301. The number of carbonyl (C=O) groups is 1. The molecule has 0 fully saturated rings. The first-order valence-corrected chi connectivity index (χ1v) is 12.5. The molecule has 0 radical (unpaired) electrons. The zero-order valence-corrected chi connectivity index (χ0v) is 21.3. The monoisotopic (exact) mass is 486 g/mol. The van der Waals surface area contributed by atoms with Gasteiger partial charge in [-0.15, -0.1) is 10.2 Å². The predicted molar refractivity (Wildman–Crippen MR) is 141 cm³/mol. The molecule has 7 heteroatoms. The fourth-order valence-corrected chi connectivity index (χ4v) is 4.33. The molecule has 0 saturated carbocycles. The summed E-state index contributed by atoms with van der Waals surface area (Å²) in [6.07, 6.45) is 0. The molecule has 0 aliphatic rings. The lowest BCUT2D eigenvalue weighted by molar-refractivity contribution is -0.113. The Labute approximate surface area is 210 Å². The Bertz CT molecular complexity index is 1280. The topological polar surface area (TPSA) is 69.0 Å². The van der Waals surface area contributed by atoms with Crippen molar-refractivity contribution in [3.8, 4) is 11.4 Å². The van der Waals surface area contributed by atoms with E-state index in [1.54, 1.807) is 0 Å². The van der Waals surface area contributed by atoms with Crippen molar-refractivity contribution in [2.24, 2.45) is 0 Å². The second-order valence-corrected chi connectivity index (χ2v) is 10.3. The van der Waals surface area contributed by atoms with Crippen LogP contribution in [0, 0.1) is 6.92 Å². The number of nitrogens with one attached hydrogen (secondary N) is 1. The molecular weight excluding hydrogens is 456 g/mol. The predicted octanol–water partition coefficient (Wildman–Crippen LogP) is 6.18. The summed E-state index contributed by atoms with van der Waals surface area (Å²) in [5, 5.41) is 12.3. The van der Waals surface area contributed by atoms with Crippen LogP contribution < -0.4 is 10.1 Å². The molecule has 4 aromatic rings. The number of nitrogens with zero attached hydrogens (tertiary/aromatic N) is 3. The van der Waals surface area contributed by atoms with Gasteiger partial charge in [0.05, 0.1) is 5.75 Å². The van der Waals surface area contributed by atoms with Crippen molar-refractivity contribution in [1.29, 1.82) is 0 Å². The van der Waals surface area contributed by atoms with Crippen molar-refractivity contribution in [1.82, 2.24) is 14.8 Å². The van der Waals surface area contributed by atoms with Gasteiger partial charge in [0.15, 0.2) is 11.0 Å². The SMILES string of the molecule is Cc1cccc(-n2c(COc3ccc(C(C)(C)C)cc3)nnc2SCC(=O)Nc2ccccc2)c1. The molecule has 0 saturated heterocycles.